The van der Waals surface area contributed by atoms with E-state index in [2.05, 4.69) is 203 Å². The molecule has 59 heavy (non-hydrogen) atoms. The Hall–Kier alpha value is -7.76. The fourth-order valence-corrected chi connectivity index (χ4v) is 9.95. The predicted molar refractivity (Wildman–Crippen MR) is 249 cm³/mol. The molecular weight excluding hydrogens is 715 g/mol. The molecule has 3 heterocycles. The molecule has 0 saturated carbocycles. The molecule has 0 spiro atoms. The summed E-state index contributed by atoms with van der Waals surface area (Å²) in [5.74, 6) is 0. The summed E-state index contributed by atoms with van der Waals surface area (Å²) in [6, 6.07) is 71.5. The van der Waals surface area contributed by atoms with E-state index in [0.29, 0.717) is 0 Å². The largest absolute Gasteiger partial charge is 0.311 e. The Labute approximate surface area is 341 Å². The Morgan fingerprint density at radius 3 is 1.31 bits per heavy atom. The molecule has 272 valence electrons. The van der Waals surface area contributed by atoms with E-state index < -0.39 is 0 Å². The third-order valence-corrected chi connectivity index (χ3v) is 12.6. The zero-order valence-electron chi connectivity index (χ0n) is 31.9. The number of rotatable bonds is 3. The van der Waals surface area contributed by atoms with Crippen molar-refractivity contribution in [2.24, 2.45) is 0 Å². The summed E-state index contributed by atoms with van der Waals surface area (Å²) in [5, 5.41) is 10.9. The number of para-hydroxylation sites is 3. The van der Waals surface area contributed by atoms with Crippen molar-refractivity contribution in [1.29, 1.82) is 0 Å². The second kappa shape index (κ2) is 12.4. The van der Waals surface area contributed by atoms with Crippen LogP contribution < -0.4 is 26.2 Å². The van der Waals surface area contributed by atoms with Crippen molar-refractivity contribution >= 4 is 111 Å². The van der Waals surface area contributed by atoms with Crippen LogP contribution in [-0.4, -0.2) is 16.7 Å². The molecule has 2 aliphatic heterocycles. The minimum atomic E-state index is -0.0483. The summed E-state index contributed by atoms with van der Waals surface area (Å²) in [5.41, 5.74) is 13.6. The average molecular weight is 749 g/mol. The lowest BCUT2D eigenvalue weighted by molar-refractivity contribution is 1.22. The zero-order valence-corrected chi connectivity index (χ0v) is 31.9. The smallest absolute Gasteiger partial charge is 0.252 e. The Morgan fingerprint density at radius 1 is 0.356 bits per heavy atom. The third kappa shape index (κ3) is 4.85. The van der Waals surface area contributed by atoms with E-state index in [1.807, 2.05) is 6.07 Å². The first-order valence-electron chi connectivity index (χ1n) is 20.2. The minimum absolute atomic E-state index is 0.0483. The van der Waals surface area contributed by atoms with Gasteiger partial charge in [0.1, 0.15) is 6.33 Å². The molecule has 0 fully saturated rings. The summed E-state index contributed by atoms with van der Waals surface area (Å²) < 4.78 is 0. The van der Waals surface area contributed by atoms with E-state index in [1.165, 1.54) is 70.9 Å². The van der Waals surface area contributed by atoms with Gasteiger partial charge in [0.05, 0.1) is 11.2 Å². The van der Waals surface area contributed by atoms with Gasteiger partial charge in [-0.3, -0.25) is 0 Å². The van der Waals surface area contributed by atoms with E-state index in [4.69, 9.17) is 4.98 Å². The molecule has 4 nitrogen and oxygen atoms in total. The Morgan fingerprint density at radius 2 is 0.797 bits per heavy atom. The number of fused-ring (bicyclic) bond motifs is 9. The Kier molecular flexibility index (Phi) is 6.78. The quantitative estimate of drug-likeness (QED) is 0.133. The van der Waals surface area contributed by atoms with Gasteiger partial charge in [-0.05, 0) is 138 Å². The van der Waals surface area contributed by atoms with Crippen LogP contribution in [0.5, 0.6) is 0 Å². The van der Waals surface area contributed by atoms with E-state index in [0.717, 1.165) is 44.9 Å². The standard InChI is InChI=1S/C54H33BN4/c1-3-17-43(18-4-1)58-49-29-40-25-36-15-9-7-13-34(36)23-38(40)27-46(49)55-47-28-39-24-35-14-8-10-16-37(35)26-41(39)30-50(47)59(44-19-5-2-6-20-44)52-32-42(31-51(58)53(52)55)54-45-21-11-12-22-48(45)56-33-57-54/h1-33H. The molecule has 0 atom stereocenters. The number of aromatic nitrogens is 2. The normalized spacial score (nSPS) is 13.0. The van der Waals surface area contributed by atoms with Gasteiger partial charge in [0.25, 0.3) is 6.71 Å². The summed E-state index contributed by atoms with van der Waals surface area (Å²) >= 11 is 0. The topological polar surface area (TPSA) is 32.3 Å². The van der Waals surface area contributed by atoms with E-state index in [9.17, 15) is 0 Å². The molecule has 11 aromatic rings. The van der Waals surface area contributed by atoms with Crippen LogP contribution in [0, 0.1) is 0 Å². The van der Waals surface area contributed by atoms with Crippen LogP contribution in [0.15, 0.2) is 200 Å². The van der Waals surface area contributed by atoms with Crippen molar-refractivity contribution in [3.05, 3.63) is 200 Å². The van der Waals surface area contributed by atoms with Gasteiger partial charge in [0.15, 0.2) is 0 Å². The monoisotopic (exact) mass is 748 g/mol. The summed E-state index contributed by atoms with van der Waals surface area (Å²) in [6.45, 7) is -0.0483. The van der Waals surface area contributed by atoms with Gasteiger partial charge in [-0.15, -0.1) is 0 Å². The number of hydrogen-bond donors (Lipinski definition) is 0. The Bertz CT molecular complexity index is 3330. The maximum absolute atomic E-state index is 5.01. The third-order valence-electron chi connectivity index (χ3n) is 12.6. The molecule has 10 aromatic carbocycles. The number of hydrogen-bond acceptors (Lipinski definition) is 4. The number of benzene rings is 10. The van der Waals surface area contributed by atoms with Crippen molar-refractivity contribution in [1.82, 2.24) is 9.97 Å². The molecular formula is C54H33BN4. The van der Waals surface area contributed by atoms with Gasteiger partial charge >= 0.3 is 0 Å². The van der Waals surface area contributed by atoms with Gasteiger partial charge in [-0.1, -0.05) is 115 Å². The zero-order chi connectivity index (χ0) is 38.6. The lowest BCUT2D eigenvalue weighted by Crippen LogP contribution is -2.61. The van der Waals surface area contributed by atoms with E-state index in [-0.39, 0.29) is 6.71 Å². The second-order valence-electron chi connectivity index (χ2n) is 15.9. The molecule has 0 aliphatic carbocycles. The van der Waals surface area contributed by atoms with Crippen LogP contribution in [0.4, 0.5) is 34.1 Å². The molecule has 5 heteroatoms. The van der Waals surface area contributed by atoms with Crippen LogP contribution in [-0.2, 0) is 0 Å². The highest BCUT2D eigenvalue weighted by atomic mass is 15.2. The minimum Gasteiger partial charge on any atom is -0.311 e. The Balaban J connectivity index is 1.20. The predicted octanol–water partition coefficient (Wildman–Crippen LogP) is 12.0. The van der Waals surface area contributed by atoms with Crippen LogP contribution in [0.2, 0.25) is 0 Å². The van der Waals surface area contributed by atoms with Crippen LogP contribution >= 0.6 is 0 Å². The SMILES string of the molecule is c1ccc(N2c3cc4cc5ccccc5cc4cc3B3c4cc5cc6ccccc6cc5cc4N(c4ccccc4)c4cc(-c5ncnc6ccccc56)cc2c43)cc1. The van der Waals surface area contributed by atoms with Gasteiger partial charge in [0, 0.05) is 45.1 Å². The first-order valence-corrected chi connectivity index (χ1v) is 20.2. The van der Waals surface area contributed by atoms with E-state index >= 15 is 0 Å². The highest BCUT2D eigenvalue weighted by Gasteiger charge is 2.44. The fourth-order valence-electron chi connectivity index (χ4n) is 9.95. The van der Waals surface area contributed by atoms with Crippen molar-refractivity contribution in [3.8, 4) is 11.3 Å². The lowest BCUT2D eigenvalue weighted by Gasteiger charge is -2.44. The highest BCUT2D eigenvalue weighted by Crippen LogP contribution is 2.47. The molecule has 2 aliphatic rings. The van der Waals surface area contributed by atoms with Gasteiger partial charge < -0.3 is 9.80 Å². The van der Waals surface area contributed by atoms with Crippen LogP contribution in [0.25, 0.3) is 65.3 Å². The molecule has 0 unspecified atom stereocenters. The molecule has 0 N–H and O–H groups in total. The molecule has 0 amide bonds. The maximum atomic E-state index is 5.01. The maximum Gasteiger partial charge on any atom is 0.252 e. The average Bonchev–Trinajstić information content (AvgIpc) is 3.29. The molecule has 0 saturated heterocycles. The van der Waals surface area contributed by atoms with Gasteiger partial charge in [0.2, 0.25) is 0 Å². The summed E-state index contributed by atoms with van der Waals surface area (Å²) in [6.07, 6.45) is 1.70. The first kappa shape index (κ1) is 32.3. The number of anilines is 6. The molecule has 13 rings (SSSR count). The van der Waals surface area contributed by atoms with Crippen molar-refractivity contribution in [3.63, 3.8) is 0 Å². The second-order valence-corrected chi connectivity index (χ2v) is 15.9. The summed E-state index contributed by atoms with van der Waals surface area (Å²) in [4.78, 5) is 14.7. The van der Waals surface area contributed by atoms with Gasteiger partial charge in [-0.25, -0.2) is 9.97 Å². The van der Waals surface area contributed by atoms with E-state index in [1.54, 1.807) is 6.33 Å². The van der Waals surface area contributed by atoms with Crippen molar-refractivity contribution < 1.29 is 0 Å². The highest BCUT2D eigenvalue weighted by molar-refractivity contribution is 7.00. The van der Waals surface area contributed by atoms with Crippen molar-refractivity contribution in [2.75, 3.05) is 9.80 Å². The van der Waals surface area contributed by atoms with Crippen LogP contribution in [0.1, 0.15) is 0 Å². The fraction of sp³-hybridized carbons (Fsp3) is 0. The first-order chi connectivity index (χ1) is 29.2. The van der Waals surface area contributed by atoms with Gasteiger partial charge in [-0.2, -0.15) is 0 Å². The molecule has 0 radical (unpaired) electrons. The molecule has 1 aromatic heterocycles. The van der Waals surface area contributed by atoms with Crippen LogP contribution in [0.3, 0.4) is 0 Å². The van der Waals surface area contributed by atoms with Crippen molar-refractivity contribution in [2.45, 2.75) is 0 Å². The molecule has 0 bridgehead atoms. The lowest BCUT2D eigenvalue weighted by atomic mass is 9.33. The summed E-state index contributed by atoms with van der Waals surface area (Å²) in [7, 11) is 0. The number of nitrogens with zero attached hydrogens (tertiary/aromatic N) is 4.